The van der Waals surface area contributed by atoms with Crippen molar-refractivity contribution in [3.05, 3.63) is 92.1 Å². The summed E-state index contributed by atoms with van der Waals surface area (Å²) in [7, 11) is 0. The molecule has 0 saturated carbocycles. The first kappa shape index (κ1) is 16.3. The van der Waals surface area contributed by atoms with E-state index in [2.05, 4.69) is 10.3 Å². The van der Waals surface area contributed by atoms with Crippen LogP contribution in [0.3, 0.4) is 0 Å². The number of H-pyrrole nitrogens is 1. The second kappa shape index (κ2) is 6.25. The number of fused-ring (bicyclic) bond motifs is 1. The van der Waals surface area contributed by atoms with Gasteiger partial charge in [-0.05, 0) is 42.7 Å². The van der Waals surface area contributed by atoms with E-state index in [0.717, 1.165) is 16.7 Å². The maximum absolute atomic E-state index is 13.5. The van der Waals surface area contributed by atoms with Crippen molar-refractivity contribution in [1.29, 1.82) is 0 Å². The normalized spacial score (nSPS) is 16.0. The highest BCUT2D eigenvalue weighted by Gasteiger charge is 2.25. The Balaban J connectivity index is 1.74. The van der Waals surface area contributed by atoms with E-state index in [0.29, 0.717) is 35.5 Å². The second-order valence-electron chi connectivity index (χ2n) is 6.17. The Morgan fingerprint density at radius 3 is 2.50 bits per heavy atom. The number of aromatic amines is 1. The standard InChI is InChI=1S/C19H15F2N3O2/c20-14-8-6-11(10-15(14)21)16-9-7-13-17(22-16)23-19(26)24(18(13)25)12-4-2-1-3-5-12/h1-6,8,10,16,22H,7,9H2,(H,23,26)/t16-/m1/s1. The summed E-state index contributed by atoms with van der Waals surface area (Å²) in [5.74, 6) is -1.51. The minimum atomic E-state index is -0.928. The summed E-state index contributed by atoms with van der Waals surface area (Å²) in [5.41, 5.74) is 0.573. The van der Waals surface area contributed by atoms with Crippen molar-refractivity contribution in [3.63, 3.8) is 0 Å². The second-order valence-corrected chi connectivity index (χ2v) is 6.17. The number of hydrogen-bond donors (Lipinski definition) is 2. The van der Waals surface area contributed by atoms with Crippen molar-refractivity contribution in [3.8, 4) is 5.69 Å². The summed E-state index contributed by atoms with van der Waals surface area (Å²) in [6, 6.07) is 12.0. The number of nitrogens with zero attached hydrogens (tertiary/aromatic N) is 1. The van der Waals surface area contributed by atoms with E-state index in [1.54, 1.807) is 30.3 Å². The van der Waals surface area contributed by atoms with E-state index >= 15 is 0 Å². The molecule has 0 aliphatic carbocycles. The minimum Gasteiger partial charge on any atom is -0.364 e. The molecule has 2 N–H and O–H groups in total. The van der Waals surface area contributed by atoms with Gasteiger partial charge in [-0.15, -0.1) is 0 Å². The summed E-state index contributed by atoms with van der Waals surface area (Å²) in [5, 5.41) is 3.06. The molecule has 0 amide bonds. The van der Waals surface area contributed by atoms with Gasteiger partial charge in [0.25, 0.3) is 5.56 Å². The van der Waals surface area contributed by atoms with Crippen LogP contribution >= 0.6 is 0 Å². The number of hydrogen-bond acceptors (Lipinski definition) is 3. The zero-order valence-corrected chi connectivity index (χ0v) is 13.6. The van der Waals surface area contributed by atoms with E-state index in [4.69, 9.17) is 0 Å². The number of nitrogens with one attached hydrogen (secondary N) is 2. The van der Waals surface area contributed by atoms with Gasteiger partial charge in [0.15, 0.2) is 11.6 Å². The highest BCUT2D eigenvalue weighted by Crippen LogP contribution is 2.30. The average molecular weight is 355 g/mol. The molecule has 1 aliphatic heterocycles. The fraction of sp³-hybridized carbons (Fsp3) is 0.158. The van der Waals surface area contributed by atoms with Crippen LogP contribution in [0.15, 0.2) is 58.1 Å². The van der Waals surface area contributed by atoms with Gasteiger partial charge in [-0.1, -0.05) is 24.3 Å². The van der Waals surface area contributed by atoms with Crippen molar-refractivity contribution < 1.29 is 8.78 Å². The van der Waals surface area contributed by atoms with Crippen LogP contribution in [-0.2, 0) is 6.42 Å². The van der Waals surface area contributed by atoms with E-state index in [1.165, 1.54) is 6.07 Å². The Kier molecular flexibility index (Phi) is 3.91. The largest absolute Gasteiger partial charge is 0.364 e. The van der Waals surface area contributed by atoms with Crippen LogP contribution in [-0.4, -0.2) is 9.55 Å². The van der Waals surface area contributed by atoms with Gasteiger partial charge >= 0.3 is 5.69 Å². The molecule has 26 heavy (non-hydrogen) atoms. The van der Waals surface area contributed by atoms with Crippen LogP contribution in [0, 0.1) is 11.6 Å². The molecule has 7 heteroatoms. The van der Waals surface area contributed by atoms with Crippen molar-refractivity contribution in [1.82, 2.24) is 9.55 Å². The van der Waals surface area contributed by atoms with E-state index < -0.39 is 17.3 Å². The van der Waals surface area contributed by atoms with Gasteiger partial charge in [0.05, 0.1) is 17.3 Å². The molecule has 0 spiro atoms. The minimum absolute atomic E-state index is 0.319. The van der Waals surface area contributed by atoms with Gasteiger partial charge in [-0.3, -0.25) is 9.78 Å². The third-order valence-corrected chi connectivity index (χ3v) is 4.56. The van der Waals surface area contributed by atoms with Crippen LogP contribution in [0.5, 0.6) is 0 Å². The molecule has 2 heterocycles. The number of rotatable bonds is 2. The quantitative estimate of drug-likeness (QED) is 0.743. The Morgan fingerprint density at radius 1 is 1.00 bits per heavy atom. The molecule has 1 atom stereocenters. The molecule has 0 bridgehead atoms. The smallest absolute Gasteiger partial charge is 0.334 e. The molecule has 132 valence electrons. The Hall–Kier alpha value is -3.22. The SMILES string of the molecule is O=c1[nH]c2c(c(=O)n1-c1ccccc1)CC[C@H](c1ccc(F)c(F)c1)N2. The molecule has 0 saturated heterocycles. The fourth-order valence-electron chi connectivity index (χ4n) is 3.25. The monoisotopic (exact) mass is 355 g/mol. The Morgan fingerprint density at radius 2 is 1.77 bits per heavy atom. The molecule has 1 aromatic heterocycles. The highest BCUT2D eigenvalue weighted by molar-refractivity contribution is 5.49. The number of halogens is 2. The van der Waals surface area contributed by atoms with Crippen LogP contribution in [0.1, 0.15) is 23.6 Å². The van der Waals surface area contributed by atoms with E-state index in [1.807, 2.05) is 0 Å². The van der Waals surface area contributed by atoms with Gasteiger partial charge in [0.1, 0.15) is 5.82 Å². The zero-order valence-electron chi connectivity index (χ0n) is 13.6. The van der Waals surface area contributed by atoms with Gasteiger partial charge in [0.2, 0.25) is 0 Å². The topological polar surface area (TPSA) is 66.9 Å². The maximum Gasteiger partial charge on any atom is 0.334 e. The molecule has 2 aromatic carbocycles. The van der Waals surface area contributed by atoms with E-state index in [9.17, 15) is 18.4 Å². The maximum atomic E-state index is 13.5. The number of benzene rings is 2. The molecular weight excluding hydrogens is 340 g/mol. The molecule has 4 rings (SSSR count). The summed E-state index contributed by atoms with van der Waals surface area (Å²) in [6.07, 6.45) is 0.933. The van der Waals surface area contributed by atoms with Crippen molar-refractivity contribution in [2.45, 2.75) is 18.9 Å². The summed E-state index contributed by atoms with van der Waals surface area (Å²) in [6.45, 7) is 0. The summed E-state index contributed by atoms with van der Waals surface area (Å²) in [4.78, 5) is 27.9. The lowest BCUT2D eigenvalue weighted by molar-refractivity contribution is 0.504. The van der Waals surface area contributed by atoms with E-state index in [-0.39, 0.29) is 11.6 Å². The third-order valence-electron chi connectivity index (χ3n) is 4.56. The van der Waals surface area contributed by atoms with Crippen molar-refractivity contribution in [2.75, 3.05) is 5.32 Å². The molecule has 0 unspecified atom stereocenters. The number of anilines is 1. The van der Waals surface area contributed by atoms with Crippen LogP contribution in [0.25, 0.3) is 5.69 Å². The van der Waals surface area contributed by atoms with Crippen LogP contribution in [0.2, 0.25) is 0 Å². The molecule has 3 aromatic rings. The van der Waals surface area contributed by atoms with Crippen LogP contribution in [0.4, 0.5) is 14.6 Å². The predicted molar refractivity (Wildman–Crippen MR) is 93.7 cm³/mol. The van der Waals surface area contributed by atoms with Gasteiger partial charge in [-0.2, -0.15) is 0 Å². The first-order valence-corrected chi connectivity index (χ1v) is 8.19. The molecule has 0 fully saturated rings. The molecule has 5 nitrogen and oxygen atoms in total. The number of para-hydroxylation sites is 1. The summed E-state index contributed by atoms with van der Waals surface area (Å²) >= 11 is 0. The summed E-state index contributed by atoms with van der Waals surface area (Å²) < 4.78 is 27.7. The Bertz CT molecular complexity index is 1090. The first-order chi connectivity index (χ1) is 12.5. The number of aromatic nitrogens is 2. The van der Waals surface area contributed by atoms with Gasteiger partial charge < -0.3 is 5.32 Å². The molecule has 0 radical (unpaired) electrons. The van der Waals surface area contributed by atoms with Crippen molar-refractivity contribution in [2.24, 2.45) is 0 Å². The fourth-order valence-corrected chi connectivity index (χ4v) is 3.25. The average Bonchev–Trinajstić information content (AvgIpc) is 2.64. The molecule has 1 aliphatic rings. The van der Waals surface area contributed by atoms with Crippen molar-refractivity contribution >= 4 is 5.82 Å². The van der Waals surface area contributed by atoms with Gasteiger partial charge in [-0.25, -0.2) is 18.1 Å². The van der Waals surface area contributed by atoms with Crippen LogP contribution < -0.4 is 16.6 Å². The lowest BCUT2D eigenvalue weighted by atomic mass is 9.95. The van der Waals surface area contributed by atoms with Gasteiger partial charge in [0, 0.05) is 0 Å². The Labute approximate surface area is 146 Å². The predicted octanol–water partition coefficient (Wildman–Crippen LogP) is 2.90. The zero-order chi connectivity index (χ0) is 18.3. The lowest BCUT2D eigenvalue weighted by Crippen LogP contribution is -2.39. The first-order valence-electron chi connectivity index (χ1n) is 8.19. The highest BCUT2D eigenvalue weighted by atomic mass is 19.2. The lowest BCUT2D eigenvalue weighted by Gasteiger charge is -2.27. The molecular formula is C19H15F2N3O2. The third kappa shape index (κ3) is 2.71.